The number of benzene rings is 3. The smallest absolute Gasteiger partial charge is 0.408 e. The average Bonchev–Trinajstić information content (AvgIpc) is 2.82. The Kier molecular flexibility index (Phi) is 9.54. The minimum atomic E-state index is -0.953. The van der Waals surface area contributed by atoms with E-state index < -0.39 is 23.7 Å². The molecule has 1 N–H and O–H groups in total. The second-order valence-electron chi connectivity index (χ2n) is 9.02. The number of alkyl carbamates (subject to hydrolysis) is 1. The first-order chi connectivity index (χ1) is 16.7. The predicted molar refractivity (Wildman–Crippen MR) is 143 cm³/mol. The van der Waals surface area contributed by atoms with Gasteiger partial charge < -0.3 is 19.5 Å². The molecule has 184 valence electrons. The molecule has 3 aromatic rings. The molecule has 0 fully saturated rings. The normalized spacial score (nSPS) is 11.9. The van der Waals surface area contributed by atoms with Gasteiger partial charge in [-0.2, -0.15) is 0 Å². The zero-order chi connectivity index (χ0) is 25.3. The van der Waals surface area contributed by atoms with Gasteiger partial charge in [0.25, 0.3) is 0 Å². The Morgan fingerprint density at radius 2 is 1.49 bits per heavy atom. The quantitative estimate of drug-likeness (QED) is 0.244. The number of carbonyl (C=O) groups is 2. The molecule has 0 bridgehead atoms. The third-order valence-electron chi connectivity index (χ3n) is 4.88. The molecule has 7 heteroatoms. The van der Waals surface area contributed by atoms with Crippen LogP contribution in [0.2, 0.25) is 0 Å². The second-order valence-corrected chi connectivity index (χ2v) is 10.3. The highest BCUT2D eigenvalue weighted by atomic mass is 127. The Hall–Kier alpha value is -3.07. The first kappa shape index (κ1) is 26.5. The molecule has 0 saturated heterocycles. The van der Waals surface area contributed by atoms with Crippen molar-refractivity contribution in [3.8, 4) is 5.75 Å². The van der Waals surface area contributed by atoms with Crippen LogP contribution in [0.3, 0.4) is 0 Å². The van der Waals surface area contributed by atoms with Gasteiger partial charge in [0.05, 0.1) is 0 Å². The fourth-order valence-electron chi connectivity index (χ4n) is 3.28. The zero-order valence-corrected chi connectivity index (χ0v) is 22.3. The molecule has 1 amide bonds. The monoisotopic (exact) mass is 587 g/mol. The highest BCUT2D eigenvalue weighted by Crippen LogP contribution is 2.24. The maximum Gasteiger partial charge on any atom is 0.408 e. The number of ether oxygens (including phenoxy) is 3. The number of hydrogen-bond acceptors (Lipinski definition) is 5. The van der Waals surface area contributed by atoms with Crippen molar-refractivity contribution < 1.29 is 23.8 Å². The third kappa shape index (κ3) is 9.24. The van der Waals surface area contributed by atoms with Crippen molar-refractivity contribution in [1.29, 1.82) is 0 Å². The van der Waals surface area contributed by atoms with Crippen molar-refractivity contribution in [3.63, 3.8) is 0 Å². The molecule has 0 aliphatic heterocycles. The third-order valence-corrected chi connectivity index (χ3v) is 5.55. The second kappa shape index (κ2) is 12.6. The Balaban J connectivity index is 1.77. The Labute approximate surface area is 220 Å². The number of esters is 1. The topological polar surface area (TPSA) is 73.9 Å². The van der Waals surface area contributed by atoms with Gasteiger partial charge in [0, 0.05) is 9.99 Å². The summed E-state index contributed by atoms with van der Waals surface area (Å²) in [6.45, 7) is 5.80. The van der Waals surface area contributed by atoms with E-state index in [2.05, 4.69) is 27.9 Å². The van der Waals surface area contributed by atoms with E-state index >= 15 is 0 Å². The highest BCUT2D eigenvalue weighted by molar-refractivity contribution is 14.1. The van der Waals surface area contributed by atoms with Crippen LogP contribution in [0.1, 0.15) is 37.5 Å². The molecule has 0 heterocycles. The van der Waals surface area contributed by atoms with Crippen LogP contribution in [0.15, 0.2) is 78.9 Å². The summed E-state index contributed by atoms with van der Waals surface area (Å²) in [5, 5.41) is 2.68. The van der Waals surface area contributed by atoms with Crippen molar-refractivity contribution >= 4 is 34.7 Å². The van der Waals surface area contributed by atoms with Gasteiger partial charge in [0.15, 0.2) is 0 Å². The molecule has 0 aliphatic carbocycles. The van der Waals surface area contributed by atoms with E-state index in [1.54, 1.807) is 20.8 Å². The summed E-state index contributed by atoms with van der Waals surface area (Å²) in [6.07, 6.45) is -0.495. The largest absolute Gasteiger partial charge is 0.489 e. The summed E-state index contributed by atoms with van der Waals surface area (Å²) in [4.78, 5) is 25.6. The number of nitrogens with one attached hydrogen (secondary N) is 1. The van der Waals surface area contributed by atoms with Crippen LogP contribution in [0.25, 0.3) is 0 Å². The summed E-state index contributed by atoms with van der Waals surface area (Å²) in [7, 11) is 0. The van der Waals surface area contributed by atoms with Crippen LogP contribution < -0.4 is 10.1 Å². The Bertz CT molecular complexity index is 1110. The molecule has 0 radical (unpaired) electrons. The average molecular weight is 587 g/mol. The lowest BCUT2D eigenvalue weighted by Gasteiger charge is -2.23. The number of hydrogen-bond donors (Lipinski definition) is 1. The molecular weight excluding hydrogens is 557 g/mol. The minimum Gasteiger partial charge on any atom is -0.489 e. The van der Waals surface area contributed by atoms with Gasteiger partial charge in [-0.3, -0.25) is 0 Å². The van der Waals surface area contributed by atoms with Gasteiger partial charge in [0.1, 0.15) is 30.6 Å². The van der Waals surface area contributed by atoms with Crippen LogP contribution in [-0.2, 0) is 33.9 Å². The van der Waals surface area contributed by atoms with Crippen LogP contribution >= 0.6 is 22.6 Å². The first-order valence-corrected chi connectivity index (χ1v) is 12.4. The lowest BCUT2D eigenvalue weighted by atomic mass is 10.0. The van der Waals surface area contributed by atoms with Crippen LogP contribution in [0.4, 0.5) is 4.79 Å². The van der Waals surface area contributed by atoms with Crippen LogP contribution in [0, 0.1) is 3.57 Å². The molecule has 0 saturated carbocycles. The van der Waals surface area contributed by atoms with E-state index in [0.717, 1.165) is 20.3 Å². The lowest BCUT2D eigenvalue weighted by Crippen LogP contribution is -2.45. The Morgan fingerprint density at radius 1 is 0.886 bits per heavy atom. The molecule has 3 rings (SSSR count). The SMILES string of the molecule is CC(C)(C)OC(=O)NC(Cc1cc(I)ccc1OCc1ccccc1)C(=O)OCc1ccccc1. The number of amides is 1. The maximum atomic E-state index is 13.1. The van der Waals surface area contributed by atoms with Gasteiger partial charge in [0.2, 0.25) is 0 Å². The number of rotatable bonds is 9. The molecule has 35 heavy (non-hydrogen) atoms. The van der Waals surface area contributed by atoms with Crippen molar-refractivity contribution in [2.75, 3.05) is 0 Å². The van der Waals surface area contributed by atoms with Crippen molar-refractivity contribution in [2.45, 2.75) is 52.0 Å². The number of halogens is 1. The van der Waals surface area contributed by atoms with Gasteiger partial charge in [-0.25, -0.2) is 9.59 Å². The van der Waals surface area contributed by atoms with Gasteiger partial charge >= 0.3 is 12.1 Å². The maximum absolute atomic E-state index is 13.1. The fourth-order valence-corrected chi connectivity index (χ4v) is 3.83. The molecule has 1 atom stereocenters. The number of carbonyl (C=O) groups excluding carboxylic acids is 2. The van der Waals surface area contributed by atoms with Gasteiger partial charge in [-0.1, -0.05) is 60.7 Å². The standard InChI is InChI=1S/C28H30INO5/c1-28(2,3)35-27(32)30-24(26(31)34-19-21-12-8-5-9-13-21)17-22-16-23(29)14-15-25(22)33-18-20-10-6-4-7-11-20/h4-16,24H,17-19H2,1-3H3,(H,30,32). The fraction of sp³-hybridized carbons (Fsp3) is 0.286. The first-order valence-electron chi connectivity index (χ1n) is 11.3. The van der Waals surface area contributed by atoms with E-state index in [4.69, 9.17) is 14.2 Å². The molecule has 0 aromatic heterocycles. The van der Waals surface area contributed by atoms with E-state index in [0.29, 0.717) is 12.4 Å². The van der Waals surface area contributed by atoms with E-state index in [9.17, 15) is 9.59 Å². The van der Waals surface area contributed by atoms with Crippen molar-refractivity contribution in [1.82, 2.24) is 5.32 Å². The summed E-state index contributed by atoms with van der Waals surface area (Å²) in [5.41, 5.74) is 1.97. The summed E-state index contributed by atoms with van der Waals surface area (Å²) >= 11 is 2.21. The lowest BCUT2D eigenvalue weighted by molar-refractivity contribution is -0.147. The van der Waals surface area contributed by atoms with Crippen molar-refractivity contribution in [2.24, 2.45) is 0 Å². The molecular formula is C28H30INO5. The summed E-state index contributed by atoms with van der Waals surface area (Å²) in [5.74, 6) is 0.0914. The van der Waals surface area contributed by atoms with E-state index in [1.165, 1.54) is 0 Å². The van der Waals surface area contributed by atoms with E-state index in [1.807, 2.05) is 78.9 Å². The van der Waals surface area contributed by atoms with Crippen molar-refractivity contribution in [3.05, 3.63) is 99.1 Å². The van der Waals surface area contributed by atoms with Gasteiger partial charge in [-0.15, -0.1) is 0 Å². The molecule has 0 aliphatic rings. The molecule has 1 unspecified atom stereocenters. The zero-order valence-electron chi connectivity index (χ0n) is 20.1. The minimum absolute atomic E-state index is 0.107. The van der Waals surface area contributed by atoms with Gasteiger partial charge in [-0.05, 0) is 78.3 Å². The van der Waals surface area contributed by atoms with E-state index in [-0.39, 0.29) is 13.0 Å². The molecule has 3 aromatic carbocycles. The Morgan fingerprint density at radius 3 is 2.09 bits per heavy atom. The van der Waals surface area contributed by atoms with Crippen LogP contribution in [0.5, 0.6) is 5.75 Å². The van der Waals surface area contributed by atoms with Crippen LogP contribution in [-0.4, -0.2) is 23.7 Å². The summed E-state index contributed by atoms with van der Waals surface area (Å²) < 4.78 is 18.0. The molecule has 0 spiro atoms. The predicted octanol–water partition coefficient (Wildman–Crippen LogP) is 6.05. The highest BCUT2D eigenvalue weighted by Gasteiger charge is 2.27. The molecule has 6 nitrogen and oxygen atoms in total. The summed E-state index contributed by atoms with van der Waals surface area (Å²) in [6, 6.07) is 24.0.